The van der Waals surface area contributed by atoms with Crippen LogP contribution in [-0.4, -0.2) is 26.6 Å². The van der Waals surface area contributed by atoms with Crippen LogP contribution in [0.15, 0.2) is 405 Å². The molecule has 16 heteroatoms. The van der Waals surface area contributed by atoms with E-state index in [1.807, 2.05) is 24.3 Å². The summed E-state index contributed by atoms with van der Waals surface area (Å²) in [7, 11) is -5.20. The van der Waals surface area contributed by atoms with Crippen LogP contribution in [0, 0.1) is 30.2 Å². The Morgan fingerprint density at radius 1 is 0.296 bits per heavy atom. The maximum atomic E-state index is 7.06. The second-order valence-electron chi connectivity index (χ2n) is 28.5. The van der Waals surface area contributed by atoms with Gasteiger partial charge in [-0.3, -0.25) is 0 Å². The fraction of sp³-hybridized carbons (Fsp3) is 0.141. The maximum absolute atomic E-state index is 7.06. The van der Waals surface area contributed by atoms with Crippen LogP contribution in [0.1, 0.15) is 52.7 Å². The second-order valence-corrected chi connectivity index (χ2v) is 47.8. The van der Waals surface area contributed by atoms with Crippen LogP contribution >= 0.6 is 47.6 Å². The van der Waals surface area contributed by atoms with E-state index in [1.54, 1.807) is 12.4 Å². The molecule has 580 valence electrons. The summed E-state index contributed by atoms with van der Waals surface area (Å²) in [6.45, 7) is 40.0. The smallest absolute Gasteiger partial charge is 0.512 e. The monoisotopic (exact) mass is 1820 g/mol. The van der Waals surface area contributed by atoms with E-state index < -0.39 is 48.3 Å². The number of hydrogen-bond donors (Lipinski definition) is 0. The minimum Gasteiger partial charge on any atom is -0.512 e. The van der Waals surface area contributed by atoms with E-state index in [0.29, 0.717) is 19.0 Å². The zero-order chi connectivity index (χ0) is 81.2. The average molecular weight is 1820 g/mol. The molecule has 0 radical (unpaired) electrons. The third-order valence-electron chi connectivity index (χ3n) is 18.8. The number of aromatic nitrogens is 2. The molecule has 7 nitrogen and oxygen atoms in total. The van der Waals surface area contributed by atoms with Crippen LogP contribution in [0.2, 0.25) is 36.3 Å². The topological polar surface area (TPSA) is 96.2 Å². The zero-order valence-corrected chi connectivity index (χ0v) is 78.9. The summed E-state index contributed by atoms with van der Waals surface area (Å²) in [6.07, 6.45) is 3.42. The number of benzene rings is 12. The van der Waals surface area contributed by atoms with Gasteiger partial charge in [0.2, 0.25) is 0 Å². The fourth-order valence-electron chi connectivity index (χ4n) is 10.8. The Morgan fingerprint density at radius 2 is 0.461 bits per heavy atom. The van der Waals surface area contributed by atoms with E-state index in [-0.39, 0.29) is 50.0 Å². The van der Waals surface area contributed by atoms with E-state index in [0.717, 1.165) is 15.7 Å². The first-order valence-electron chi connectivity index (χ1n) is 37.3. The molecule has 14 aromatic rings. The molecule has 12 aromatic carbocycles. The summed E-state index contributed by atoms with van der Waals surface area (Å²) in [6, 6.07) is 137. The molecule has 0 spiro atoms. The minimum atomic E-state index is -1.75. The molecule has 14 rings (SSSR count). The Balaban J connectivity index is 0.000000244. The van der Waals surface area contributed by atoms with Crippen LogP contribution in [-0.2, 0) is 62.0 Å². The first-order valence-corrected chi connectivity index (χ1v) is 49.2. The molecular formula is C99H100BrN5O2P4PdSi2Zn. The van der Waals surface area contributed by atoms with Crippen LogP contribution in [0.3, 0.4) is 0 Å². The molecular weight excluding hydrogens is 1720 g/mol. The van der Waals surface area contributed by atoms with Crippen molar-refractivity contribution in [3.05, 3.63) is 441 Å². The Bertz CT molecular complexity index is 4170. The second kappa shape index (κ2) is 52.0. The molecule has 0 N–H and O–H groups in total. The van der Waals surface area contributed by atoms with Crippen LogP contribution in [0.5, 0.6) is 0 Å². The van der Waals surface area contributed by atoms with Crippen molar-refractivity contribution in [3.8, 4) is 0 Å². The Hall–Kier alpha value is -8.75. The Labute approximate surface area is 728 Å². The summed E-state index contributed by atoms with van der Waals surface area (Å²) < 4.78 is 13.1. The summed E-state index contributed by atoms with van der Waals surface area (Å²) >= 11 is 3.44. The van der Waals surface area contributed by atoms with Crippen molar-refractivity contribution in [2.75, 3.05) is 0 Å². The van der Waals surface area contributed by atoms with Crippen molar-refractivity contribution in [1.29, 1.82) is 10.5 Å². The third kappa shape index (κ3) is 31.3. The normalized spacial score (nSPS) is 10.6. The molecule has 2 heterocycles. The molecule has 115 heavy (non-hydrogen) atoms. The van der Waals surface area contributed by atoms with E-state index in [2.05, 4.69) is 462 Å². The first kappa shape index (κ1) is 96.8. The molecule has 0 atom stereocenters. The van der Waals surface area contributed by atoms with E-state index in [9.17, 15) is 0 Å². The predicted octanol–water partition coefficient (Wildman–Crippen LogP) is 22.5. The molecule has 0 aliphatic rings. The van der Waals surface area contributed by atoms with Crippen molar-refractivity contribution in [2.24, 2.45) is 0 Å². The summed E-state index contributed by atoms with van der Waals surface area (Å²) in [4.78, 5) is 11.6. The molecule has 0 bridgehead atoms. The molecule has 0 saturated heterocycles. The van der Waals surface area contributed by atoms with Crippen molar-refractivity contribution in [1.82, 2.24) is 9.97 Å². The largest absolute Gasteiger partial charge is 2.00 e. The summed E-state index contributed by atoms with van der Waals surface area (Å²) in [5.74, 6) is 0.450. The van der Waals surface area contributed by atoms with E-state index in [1.165, 1.54) is 63.7 Å². The molecule has 0 fully saturated rings. The van der Waals surface area contributed by atoms with E-state index >= 15 is 0 Å². The molecule has 0 saturated carbocycles. The SMILES string of the molecule is CC(C)(C)[Si](C)(C)OCc1cccnc1Br.[C-]#N.[C-]#N.[C-]#[N+]c1ncccc1CO[Si](C)(C)C(C)(C)C.[Pd].[Zn+2].c1ccc(P(c2ccccc2)c2ccccc2)cc1.c1ccc(P(c2ccccc2)c2ccccc2)cc1.c1ccc(P(c2ccccc2)c2ccccc2)cc1.c1ccc(P(c2ccccc2)c2ccccc2)cc1. The van der Waals surface area contributed by atoms with Gasteiger partial charge < -0.3 is 37.4 Å². The number of pyridine rings is 2. The fourth-order valence-corrected chi connectivity index (χ4v) is 22.3. The number of nitrogens with zero attached hydrogens (tertiary/aromatic N) is 5. The quantitative estimate of drug-likeness (QED) is 0.0368. The van der Waals surface area contributed by atoms with Crippen molar-refractivity contribution < 1.29 is 48.8 Å². The van der Waals surface area contributed by atoms with Gasteiger partial charge in [-0.15, -0.1) is 4.98 Å². The van der Waals surface area contributed by atoms with Gasteiger partial charge in [0.15, 0.2) is 16.6 Å². The molecule has 0 aliphatic heterocycles. The third-order valence-corrected chi connectivity index (χ3v) is 38.2. The summed E-state index contributed by atoms with van der Waals surface area (Å²) in [5.41, 5.74) is 2.00. The molecule has 0 unspecified atom stereocenters. The standard InChI is InChI=1S/4C18H15P.C13H20N2OSi.C12H20BrNOSi.2CN.Pd.Zn/c4*1-4-10-16(11-5-1)19(17-12-6-2-7-13-17)18-14-8-3-9-15-18;1-13(2,3)17(5,6)16-10-11-8-7-9-15-12(11)14-4;1-12(2,3)16(4,5)15-9-10-7-6-8-14-11(10)13;2*1-2;;/h4*1-15H;7-9H,10H2,1-3,5-6H3;6-8H,9H2,1-5H3;;;;/q;;;;;;2*-1;;+2. The minimum absolute atomic E-state index is 0. The maximum Gasteiger partial charge on any atom is 2.00 e. The number of rotatable bonds is 18. The van der Waals surface area contributed by atoms with Gasteiger partial charge in [0.1, 0.15) is 10.8 Å². The summed E-state index contributed by atoms with van der Waals surface area (Å²) in [5, 5.41) is 29.7. The van der Waals surface area contributed by atoms with Gasteiger partial charge in [-0.2, -0.15) is 0 Å². The Kier molecular flexibility index (Phi) is 43.8. The Morgan fingerprint density at radius 3 is 0.626 bits per heavy atom. The molecule has 0 aliphatic carbocycles. The zero-order valence-electron chi connectivity index (χ0n) is 67.3. The van der Waals surface area contributed by atoms with E-state index in [4.69, 9.17) is 39.1 Å². The van der Waals surface area contributed by atoms with Gasteiger partial charge in [-0.05, 0) is 160 Å². The van der Waals surface area contributed by atoms with Gasteiger partial charge in [-0.1, -0.05) is 424 Å². The molecule has 2 aromatic heterocycles. The van der Waals surface area contributed by atoms with Crippen molar-refractivity contribution in [2.45, 2.75) is 91.0 Å². The van der Waals surface area contributed by atoms with Gasteiger partial charge in [0.05, 0.1) is 13.2 Å². The van der Waals surface area contributed by atoms with Gasteiger partial charge in [-0.25, -0.2) is 4.98 Å². The van der Waals surface area contributed by atoms with Gasteiger partial charge in [0.25, 0.3) is 5.82 Å². The van der Waals surface area contributed by atoms with Crippen molar-refractivity contribution in [3.63, 3.8) is 0 Å². The van der Waals surface area contributed by atoms with Crippen LogP contribution in [0.25, 0.3) is 4.85 Å². The number of halogens is 1. The van der Waals surface area contributed by atoms with Gasteiger partial charge >= 0.3 is 19.5 Å². The number of hydrogen-bond acceptors (Lipinski definition) is 6. The molecule has 0 amide bonds. The van der Waals surface area contributed by atoms with Gasteiger partial charge in [0, 0.05) is 37.7 Å². The van der Waals surface area contributed by atoms with Crippen LogP contribution < -0.4 is 63.7 Å². The van der Waals surface area contributed by atoms with Crippen molar-refractivity contribution >= 4 is 134 Å². The predicted molar refractivity (Wildman–Crippen MR) is 497 cm³/mol. The van der Waals surface area contributed by atoms with Crippen LogP contribution in [0.4, 0.5) is 5.82 Å². The first-order chi connectivity index (χ1) is 54.8. The average Bonchev–Trinajstić information content (AvgIpc) is 0.838.